The van der Waals surface area contributed by atoms with Crippen molar-refractivity contribution in [1.29, 1.82) is 0 Å². The van der Waals surface area contributed by atoms with E-state index >= 15 is 0 Å². The molecule has 1 atom stereocenters. The molecule has 0 radical (unpaired) electrons. The SMILES string of the molecule is O=C1NC(=O)N(c2ccc3c(c2)N=CC3)C1c1ccc(-c2cnc(C3CC3)s2)cc1. The second-order valence-electron chi connectivity index (χ2n) is 7.85. The fraction of sp³-hybridized carbons (Fsp3) is 0.217. The van der Waals surface area contributed by atoms with Gasteiger partial charge in [-0.3, -0.25) is 20.0 Å². The average Bonchev–Trinajstić information content (AvgIpc) is 3.18. The Morgan fingerprint density at radius 1 is 1.07 bits per heavy atom. The Hall–Kier alpha value is -3.32. The number of aliphatic imine (C=N–C) groups is 1. The number of thiazole rings is 1. The van der Waals surface area contributed by atoms with Crippen molar-refractivity contribution < 1.29 is 9.59 Å². The summed E-state index contributed by atoms with van der Waals surface area (Å²) in [5, 5.41) is 3.66. The molecule has 7 heteroatoms. The number of benzene rings is 2. The number of hydrogen-bond donors (Lipinski definition) is 1. The second-order valence-corrected chi connectivity index (χ2v) is 8.92. The molecule has 30 heavy (non-hydrogen) atoms. The standard InChI is InChI=1S/C23H18N4O2S/c28-21-20(27(23(29)26-21)17-8-7-13-9-10-24-18(13)11-17)15-3-1-14(2-4-15)19-12-25-22(30-19)16-5-6-16/h1-4,7-8,10-12,16,20H,5-6,9H2,(H,26,28,29). The number of carbonyl (C=O) groups is 2. The van der Waals surface area contributed by atoms with Crippen molar-refractivity contribution in [3.8, 4) is 10.4 Å². The molecule has 1 aromatic heterocycles. The topological polar surface area (TPSA) is 74.7 Å². The lowest BCUT2D eigenvalue weighted by atomic mass is 10.0. The summed E-state index contributed by atoms with van der Waals surface area (Å²) in [6.07, 6.45) is 7.05. The van der Waals surface area contributed by atoms with Crippen LogP contribution in [0, 0.1) is 0 Å². The Balaban J connectivity index is 1.32. The smallest absolute Gasteiger partial charge is 0.277 e. The Morgan fingerprint density at radius 3 is 2.70 bits per heavy atom. The molecule has 3 aromatic rings. The van der Waals surface area contributed by atoms with Gasteiger partial charge in [-0.1, -0.05) is 30.3 Å². The number of rotatable bonds is 4. The molecule has 6 nitrogen and oxygen atoms in total. The first-order chi connectivity index (χ1) is 14.7. The van der Waals surface area contributed by atoms with E-state index in [2.05, 4.69) is 15.3 Å². The zero-order chi connectivity index (χ0) is 20.2. The minimum Gasteiger partial charge on any atom is -0.277 e. The van der Waals surface area contributed by atoms with E-state index in [-0.39, 0.29) is 5.91 Å². The predicted molar refractivity (Wildman–Crippen MR) is 117 cm³/mol. The van der Waals surface area contributed by atoms with Crippen LogP contribution in [-0.2, 0) is 11.2 Å². The maximum Gasteiger partial charge on any atom is 0.329 e. The normalized spacial score (nSPS) is 20.0. The number of amides is 3. The number of nitrogens with zero attached hydrogens (tertiary/aromatic N) is 3. The summed E-state index contributed by atoms with van der Waals surface area (Å²) in [5.74, 6) is 0.326. The van der Waals surface area contributed by atoms with Crippen LogP contribution in [0.2, 0.25) is 0 Å². The van der Waals surface area contributed by atoms with Crippen molar-refractivity contribution in [3.05, 3.63) is 64.8 Å². The zero-order valence-corrected chi connectivity index (χ0v) is 16.9. The zero-order valence-electron chi connectivity index (χ0n) is 16.0. The van der Waals surface area contributed by atoms with E-state index in [9.17, 15) is 9.59 Å². The monoisotopic (exact) mass is 414 g/mol. The van der Waals surface area contributed by atoms with Gasteiger partial charge >= 0.3 is 6.03 Å². The van der Waals surface area contributed by atoms with Crippen molar-refractivity contribution in [2.45, 2.75) is 31.2 Å². The van der Waals surface area contributed by atoms with Crippen molar-refractivity contribution in [3.63, 3.8) is 0 Å². The van der Waals surface area contributed by atoms with Crippen LogP contribution in [0.1, 0.15) is 40.9 Å². The number of urea groups is 1. The summed E-state index contributed by atoms with van der Waals surface area (Å²) in [4.78, 5) is 36.8. The molecule has 0 bridgehead atoms. The van der Waals surface area contributed by atoms with E-state index in [0.29, 0.717) is 11.6 Å². The van der Waals surface area contributed by atoms with E-state index < -0.39 is 12.1 Å². The number of nitrogens with one attached hydrogen (secondary N) is 1. The first-order valence-electron chi connectivity index (χ1n) is 10.0. The third-order valence-corrected chi connectivity index (χ3v) is 7.01. The van der Waals surface area contributed by atoms with Crippen molar-refractivity contribution in [2.75, 3.05) is 4.90 Å². The molecule has 3 amide bonds. The van der Waals surface area contributed by atoms with E-state index in [1.807, 2.05) is 54.9 Å². The van der Waals surface area contributed by atoms with E-state index in [4.69, 9.17) is 0 Å². The minimum atomic E-state index is -0.696. The molecule has 1 unspecified atom stereocenters. The number of hydrogen-bond acceptors (Lipinski definition) is 5. The third kappa shape index (κ3) is 2.85. The highest BCUT2D eigenvalue weighted by atomic mass is 32.1. The fourth-order valence-corrected chi connectivity index (χ4v) is 5.13. The molecular formula is C23H18N4O2S. The summed E-state index contributed by atoms with van der Waals surface area (Å²) in [6.45, 7) is 0. The van der Waals surface area contributed by atoms with Crippen LogP contribution in [0.3, 0.4) is 0 Å². The molecular weight excluding hydrogens is 396 g/mol. The molecule has 2 aliphatic heterocycles. The second kappa shape index (κ2) is 6.60. The Bertz CT molecular complexity index is 1210. The van der Waals surface area contributed by atoms with E-state index in [1.165, 1.54) is 22.7 Å². The Kier molecular flexibility index (Phi) is 3.86. The predicted octanol–water partition coefficient (Wildman–Crippen LogP) is 4.74. The summed E-state index contributed by atoms with van der Waals surface area (Å²) in [6, 6.07) is 12.5. The van der Waals surface area contributed by atoms with Gasteiger partial charge in [-0.25, -0.2) is 9.78 Å². The molecule has 1 saturated heterocycles. The van der Waals surface area contributed by atoms with Gasteiger partial charge in [0.25, 0.3) is 5.91 Å². The third-order valence-electron chi connectivity index (χ3n) is 5.81. The van der Waals surface area contributed by atoms with Crippen LogP contribution in [0.15, 0.2) is 53.7 Å². The molecule has 6 rings (SSSR count). The van der Waals surface area contributed by atoms with Crippen molar-refractivity contribution >= 4 is 40.9 Å². The molecule has 148 valence electrons. The van der Waals surface area contributed by atoms with Crippen LogP contribution in [-0.4, -0.2) is 23.1 Å². The van der Waals surface area contributed by atoms with Gasteiger partial charge in [0, 0.05) is 30.4 Å². The van der Waals surface area contributed by atoms with Crippen LogP contribution < -0.4 is 10.2 Å². The van der Waals surface area contributed by atoms with Gasteiger partial charge in [0.1, 0.15) is 6.04 Å². The number of aromatic nitrogens is 1. The summed E-state index contributed by atoms with van der Waals surface area (Å²) in [5.41, 5.74) is 4.50. The Labute approximate surface area is 177 Å². The van der Waals surface area contributed by atoms with Crippen molar-refractivity contribution in [1.82, 2.24) is 10.3 Å². The van der Waals surface area contributed by atoms with Crippen LogP contribution in [0.25, 0.3) is 10.4 Å². The van der Waals surface area contributed by atoms with Crippen LogP contribution >= 0.6 is 11.3 Å². The maximum absolute atomic E-state index is 12.6. The quantitative estimate of drug-likeness (QED) is 0.627. The molecule has 2 aromatic carbocycles. The summed E-state index contributed by atoms with van der Waals surface area (Å²) in [7, 11) is 0. The highest BCUT2D eigenvalue weighted by Gasteiger charge is 2.40. The first-order valence-corrected chi connectivity index (χ1v) is 10.8. The fourth-order valence-electron chi connectivity index (χ4n) is 4.04. The van der Waals surface area contributed by atoms with Gasteiger partial charge in [0.05, 0.1) is 15.6 Å². The minimum absolute atomic E-state index is 0.314. The van der Waals surface area contributed by atoms with Gasteiger partial charge in [0.2, 0.25) is 0 Å². The van der Waals surface area contributed by atoms with Crippen LogP contribution in [0.5, 0.6) is 0 Å². The largest absolute Gasteiger partial charge is 0.329 e. The van der Waals surface area contributed by atoms with E-state index in [1.54, 1.807) is 11.3 Å². The number of fused-ring (bicyclic) bond motifs is 1. The number of carbonyl (C=O) groups excluding carboxylic acids is 2. The first kappa shape index (κ1) is 17.5. The van der Waals surface area contributed by atoms with Gasteiger partial charge < -0.3 is 0 Å². The molecule has 1 aliphatic carbocycles. The molecule has 3 aliphatic rings. The molecule has 1 saturated carbocycles. The van der Waals surface area contributed by atoms with Crippen molar-refractivity contribution in [2.24, 2.45) is 4.99 Å². The van der Waals surface area contributed by atoms with Gasteiger partial charge in [0.15, 0.2) is 0 Å². The summed E-state index contributed by atoms with van der Waals surface area (Å²) < 4.78 is 0. The average molecular weight is 414 g/mol. The van der Waals surface area contributed by atoms with E-state index in [0.717, 1.165) is 33.7 Å². The lowest BCUT2D eigenvalue weighted by Crippen LogP contribution is -2.29. The molecule has 0 spiro atoms. The highest BCUT2D eigenvalue weighted by Crippen LogP contribution is 2.43. The lowest BCUT2D eigenvalue weighted by Gasteiger charge is -2.22. The maximum atomic E-state index is 12.6. The van der Waals surface area contributed by atoms with Gasteiger partial charge in [-0.05, 0) is 41.7 Å². The number of imide groups is 1. The molecule has 3 heterocycles. The molecule has 1 N–H and O–H groups in total. The molecule has 2 fully saturated rings. The summed E-state index contributed by atoms with van der Waals surface area (Å²) >= 11 is 1.74. The van der Waals surface area contributed by atoms with Crippen LogP contribution in [0.4, 0.5) is 16.2 Å². The van der Waals surface area contributed by atoms with Gasteiger partial charge in [-0.2, -0.15) is 0 Å². The number of anilines is 1. The highest BCUT2D eigenvalue weighted by molar-refractivity contribution is 7.15. The van der Waals surface area contributed by atoms with Gasteiger partial charge in [-0.15, -0.1) is 11.3 Å². The Morgan fingerprint density at radius 2 is 1.90 bits per heavy atom. The lowest BCUT2D eigenvalue weighted by molar-refractivity contribution is -0.119.